The average molecular weight is 373 g/mol. The zero-order chi connectivity index (χ0) is 18.5. The molecule has 1 heterocycles. The van der Waals surface area contributed by atoms with Gasteiger partial charge in [-0.25, -0.2) is 13.8 Å². The van der Waals surface area contributed by atoms with Crippen LogP contribution in [-0.4, -0.2) is 10.9 Å². The van der Waals surface area contributed by atoms with E-state index in [0.717, 1.165) is 30.3 Å². The summed E-state index contributed by atoms with van der Waals surface area (Å²) in [7, 11) is 0. The predicted octanol–water partition coefficient (Wildman–Crippen LogP) is 4.91. The summed E-state index contributed by atoms with van der Waals surface area (Å²) in [6.45, 7) is 2.09. The van der Waals surface area contributed by atoms with Gasteiger partial charge in [0.2, 0.25) is 5.91 Å². The van der Waals surface area contributed by atoms with Crippen molar-refractivity contribution in [2.24, 2.45) is 0 Å². The lowest BCUT2D eigenvalue weighted by atomic mass is 10.1. The minimum atomic E-state index is -0.684. The van der Waals surface area contributed by atoms with E-state index in [1.165, 1.54) is 16.9 Å². The Morgan fingerprint density at radius 2 is 1.92 bits per heavy atom. The smallest absolute Gasteiger partial charge is 0.230 e. The molecule has 1 aromatic heterocycles. The number of aryl methyl sites for hydroxylation is 1. The van der Waals surface area contributed by atoms with Gasteiger partial charge in [0.25, 0.3) is 0 Å². The maximum Gasteiger partial charge on any atom is 0.230 e. The Kier molecular flexibility index (Phi) is 5.58. The first-order valence-corrected chi connectivity index (χ1v) is 8.96. The number of anilines is 3. The molecule has 0 radical (unpaired) electrons. The van der Waals surface area contributed by atoms with Crippen LogP contribution in [0, 0.1) is 11.6 Å². The summed E-state index contributed by atoms with van der Waals surface area (Å²) in [6.07, 6.45) is 0.950. The van der Waals surface area contributed by atoms with Gasteiger partial charge >= 0.3 is 0 Å². The van der Waals surface area contributed by atoms with Crippen molar-refractivity contribution < 1.29 is 13.6 Å². The summed E-state index contributed by atoms with van der Waals surface area (Å²) in [5.41, 5.74) is 2.53. The van der Waals surface area contributed by atoms with Crippen molar-refractivity contribution >= 4 is 33.8 Å². The molecule has 3 aromatic rings. The Labute approximate surface area is 153 Å². The summed E-state index contributed by atoms with van der Waals surface area (Å²) < 4.78 is 26.7. The van der Waals surface area contributed by atoms with Crippen LogP contribution < -0.4 is 10.6 Å². The van der Waals surface area contributed by atoms with E-state index in [0.29, 0.717) is 10.8 Å². The summed E-state index contributed by atoms with van der Waals surface area (Å²) in [5.74, 6) is -1.76. The summed E-state index contributed by atoms with van der Waals surface area (Å²) in [6, 6.07) is 10.9. The molecule has 134 valence electrons. The van der Waals surface area contributed by atoms with E-state index in [4.69, 9.17) is 0 Å². The van der Waals surface area contributed by atoms with Gasteiger partial charge in [-0.15, -0.1) is 11.3 Å². The first-order valence-electron chi connectivity index (χ1n) is 8.08. The molecular formula is C19H17F2N3OS. The fourth-order valence-electron chi connectivity index (χ4n) is 2.35. The highest BCUT2D eigenvalue weighted by Crippen LogP contribution is 2.22. The Bertz CT molecular complexity index is 909. The standard InChI is InChI=1S/C19H17F2N3OS/c1-2-12-3-6-14(7-4-12)22-19-23-15(11-26-19)10-18(25)24-17-9-13(20)5-8-16(17)21/h3-9,11H,2,10H2,1H3,(H,22,23)(H,24,25). The van der Waals surface area contributed by atoms with Crippen LogP contribution in [0.3, 0.4) is 0 Å². The summed E-state index contributed by atoms with van der Waals surface area (Å²) in [5, 5.41) is 7.96. The van der Waals surface area contributed by atoms with Crippen LogP contribution in [0.5, 0.6) is 0 Å². The van der Waals surface area contributed by atoms with Crippen LogP contribution >= 0.6 is 11.3 Å². The molecule has 0 aliphatic heterocycles. The van der Waals surface area contributed by atoms with Gasteiger partial charge in [-0.2, -0.15) is 0 Å². The molecule has 3 rings (SSSR count). The van der Waals surface area contributed by atoms with Gasteiger partial charge in [-0.1, -0.05) is 19.1 Å². The average Bonchev–Trinajstić information content (AvgIpc) is 3.05. The lowest BCUT2D eigenvalue weighted by Crippen LogP contribution is -2.15. The fraction of sp³-hybridized carbons (Fsp3) is 0.158. The van der Waals surface area contributed by atoms with E-state index in [9.17, 15) is 13.6 Å². The first-order chi connectivity index (χ1) is 12.5. The molecule has 0 saturated carbocycles. The Balaban J connectivity index is 1.60. The highest BCUT2D eigenvalue weighted by atomic mass is 32.1. The summed E-state index contributed by atoms with van der Waals surface area (Å²) in [4.78, 5) is 16.4. The molecule has 0 unspecified atom stereocenters. The molecule has 2 N–H and O–H groups in total. The maximum atomic E-state index is 13.6. The normalized spacial score (nSPS) is 10.6. The SMILES string of the molecule is CCc1ccc(Nc2nc(CC(=O)Nc3cc(F)ccc3F)cs2)cc1. The number of nitrogens with one attached hydrogen (secondary N) is 2. The van der Waals surface area contributed by atoms with Crippen molar-refractivity contribution in [1.29, 1.82) is 0 Å². The molecule has 0 saturated heterocycles. The molecule has 0 fully saturated rings. The van der Waals surface area contributed by atoms with Crippen LogP contribution in [0.1, 0.15) is 18.2 Å². The third kappa shape index (κ3) is 4.64. The van der Waals surface area contributed by atoms with Crippen molar-refractivity contribution in [2.45, 2.75) is 19.8 Å². The van der Waals surface area contributed by atoms with Crippen LogP contribution in [-0.2, 0) is 17.6 Å². The van der Waals surface area contributed by atoms with E-state index in [1.54, 1.807) is 5.38 Å². The maximum absolute atomic E-state index is 13.6. The Morgan fingerprint density at radius 1 is 1.15 bits per heavy atom. The molecule has 7 heteroatoms. The molecule has 26 heavy (non-hydrogen) atoms. The van der Waals surface area contributed by atoms with E-state index in [1.807, 2.05) is 24.3 Å². The van der Waals surface area contributed by atoms with Gasteiger partial charge in [-0.05, 0) is 36.2 Å². The number of aromatic nitrogens is 1. The van der Waals surface area contributed by atoms with E-state index < -0.39 is 17.5 Å². The topological polar surface area (TPSA) is 54.0 Å². The number of amides is 1. The largest absolute Gasteiger partial charge is 0.332 e. The zero-order valence-electron chi connectivity index (χ0n) is 14.1. The lowest BCUT2D eigenvalue weighted by Gasteiger charge is -2.05. The van der Waals surface area contributed by atoms with Crippen molar-refractivity contribution in [2.75, 3.05) is 10.6 Å². The molecule has 0 bridgehead atoms. The van der Waals surface area contributed by atoms with Crippen molar-refractivity contribution in [3.05, 3.63) is 70.7 Å². The number of benzene rings is 2. The number of hydrogen-bond acceptors (Lipinski definition) is 4. The first kappa shape index (κ1) is 18.0. The second-order valence-electron chi connectivity index (χ2n) is 5.67. The van der Waals surface area contributed by atoms with Crippen LogP contribution in [0.4, 0.5) is 25.3 Å². The third-order valence-corrected chi connectivity index (χ3v) is 4.52. The number of thiazole rings is 1. The van der Waals surface area contributed by atoms with Gasteiger partial charge in [-0.3, -0.25) is 4.79 Å². The molecule has 1 amide bonds. The fourth-order valence-corrected chi connectivity index (χ4v) is 3.08. The number of rotatable bonds is 6. The molecule has 0 spiro atoms. The van der Waals surface area contributed by atoms with Gasteiger partial charge < -0.3 is 10.6 Å². The quantitative estimate of drug-likeness (QED) is 0.646. The van der Waals surface area contributed by atoms with Gasteiger partial charge in [0, 0.05) is 17.1 Å². The molecular weight excluding hydrogens is 356 g/mol. The minimum absolute atomic E-state index is 0.0249. The predicted molar refractivity (Wildman–Crippen MR) is 99.9 cm³/mol. The van der Waals surface area contributed by atoms with Gasteiger partial charge in [0.05, 0.1) is 17.8 Å². The van der Waals surface area contributed by atoms with Crippen molar-refractivity contribution in [3.63, 3.8) is 0 Å². The molecule has 0 aliphatic rings. The van der Waals surface area contributed by atoms with Gasteiger partial charge in [0.15, 0.2) is 5.13 Å². The monoisotopic (exact) mass is 373 g/mol. The van der Waals surface area contributed by atoms with E-state index >= 15 is 0 Å². The molecule has 0 aliphatic carbocycles. The van der Waals surface area contributed by atoms with Gasteiger partial charge in [0.1, 0.15) is 11.6 Å². The molecule has 4 nitrogen and oxygen atoms in total. The van der Waals surface area contributed by atoms with Crippen LogP contribution in [0.2, 0.25) is 0 Å². The zero-order valence-corrected chi connectivity index (χ0v) is 14.9. The third-order valence-electron chi connectivity index (χ3n) is 3.71. The second kappa shape index (κ2) is 8.05. The van der Waals surface area contributed by atoms with E-state index in [-0.39, 0.29) is 12.1 Å². The molecule has 2 aromatic carbocycles. The highest BCUT2D eigenvalue weighted by Gasteiger charge is 2.11. The Hall–Kier alpha value is -2.80. The van der Waals surface area contributed by atoms with Crippen molar-refractivity contribution in [1.82, 2.24) is 4.98 Å². The number of hydrogen-bond donors (Lipinski definition) is 2. The van der Waals surface area contributed by atoms with Crippen molar-refractivity contribution in [3.8, 4) is 0 Å². The number of halogens is 2. The molecule has 0 atom stereocenters. The summed E-state index contributed by atoms with van der Waals surface area (Å²) >= 11 is 1.37. The lowest BCUT2D eigenvalue weighted by molar-refractivity contribution is -0.115. The number of carbonyl (C=O) groups is 1. The minimum Gasteiger partial charge on any atom is -0.332 e. The van der Waals surface area contributed by atoms with E-state index in [2.05, 4.69) is 22.5 Å². The number of nitrogens with zero attached hydrogens (tertiary/aromatic N) is 1. The second-order valence-corrected chi connectivity index (χ2v) is 6.53. The highest BCUT2D eigenvalue weighted by molar-refractivity contribution is 7.13. The van der Waals surface area contributed by atoms with Crippen LogP contribution in [0.15, 0.2) is 47.8 Å². The Morgan fingerprint density at radius 3 is 2.65 bits per heavy atom. The number of carbonyl (C=O) groups excluding carboxylic acids is 1. The van der Waals surface area contributed by atoms with Crippen LogP contribution in [0.25, 0.3) is 0 Å².